The van der Waals surface area contributed by atoms with Crippen molar-refractivity contribution in [3.05, 3.63) is 0 Å². The van der Waals surface area contributed by atoms with Crippen molar-refractivity contribution in [3.63, 3.8) is 0 Å². The van der Waals surface area contributed by atoms with Gasteiger partial charge in [0.2, 0.25) is 0 Å². The third kappa shape index (κ3) is 44.2. The molecule has 0 saturated carbocycles. The molecule has 0 heterocycles. The van der Waals surface area contributed by atoms with E-state index in [1.54, 1.807) is 0 Å². The molecule has 0 rings (SSSR count). The molecule has 35 nitrogen and oxygen atoms in total. The lowest BCUT2D eigenvalue weighted by Crippen LogP contribution is -2.53. The van der Waals surface area contributed by atoms with E-state index >= 15 is 0 Å². The Balaban J connectivity index is 7.76. The lowest BCUT2D eigenvalue weighted by atomic mass is 10.0. The number of carbonyl (C=O) groups excluding carboxylic acids is 12. The molecule has 0 aromatic carbocycles. The van der Waals surface area contributed by atoms with Crippen LogP contribution in [0.1, 0.15) is 125 Å². The summed E-state index contributed by atoms with van der Waals surface area (Å²) in [6.07, 6.45) is -9.46. The topological polar surface area (TPSA) is 483 Å². The van der Waals surface area contributed by atoms with E-state index in [2.05, 4.69) is 0 Å². The second-order valence-corrected chi connectivity index (χ2v) is 21.0. The number of unbranched alkanes of at least 4 members (excludes halogenated alkanes) is 6. The number of rotatable bonds is 60. The molecular formula is C61H100O35. The largest absolute Gasteiger partial charge is 0.463 e. The van der Waals surface area contributed by atoms with Gasteiger partial charge in [0.25, 0.3) is 0 Å². The van der Waals surface area contributed by atoms with Crippen LogP contribution in [0, 0.1) is 5.92 Å². The van der Waals surface area contributed by atoms with E-state index in [0.29, 0.717) is 57.8 Å². The molecule has 0 aromatic rings. The quantitative estimate of drug-likeness (QED) is 0.0234. The molecule has 0 radical (unpaired) electrons. The number of hydrogen-bond acceptors (Lipinski definition) is 35. The average molecular weight is 1390 g/mol. The summed E-state index contributed by atoms with van der Waals surface area (Å²) in [6, 6.07) is 0. The fraction of sp³-hybridized carbons (Fsp3) is 0.803. The van der Waals surface area contributed by atoms with Gasteiger partial charge in [-0.05, 0) is 73.1 Å². The summed E-state index contributed by atoms with van der Waals surface area (Å²) < 4.78 is 94.0. The molecule has 10 unspecified atom stereocenters. The lowest BCUT2D eigenvalue weighted by molar-refractivity contribution is -0.208. The molecule has 0 bridgehead atoms. The molecule has 0 aliphatic rings. The molecule has 0 amide bonds. The first-order valence-electron chi connectivity index (χ1n) is 31.7. The number of aliphatic hydroxyl groups is 6. The minimum Gasteiger partial charge on any atom is -0.463 e. The highest BCUT2D eigenvalue weighted by Gasteiger charge is 2.40. The summed E-state index contributed by atoms with van der Waals surface area (Å²) >= 11 is 0. The summed E-state index contributed by atoms with van der Waals surface area (Å²) in [6.45, 7) is -3.42. The SMILES string of the molecule is CC(CC(=O)CCCCCO)C(=O)OCCOC(COCCOC(=O)C(C)OC(=O)CO)C(OCCOC(=O)C(C)OC(=O)CO)C(OCCOC(=O)C(C)OC(=O)CCCCCO)C(COCCOC(=O)C(C)OC(=O)CCCCCO)OCCOC(=O)C(C)OC(=O)CO. The number of Topliss-reactive ketones (excluding diaryl/α,β-unsaturated/α-hetero) is 1. The highest BCUT2D eigenvalue weighted by Crippen LogP contribution is 2.21. The van der Waals surface area contributed by atoms with Crippen LogP contribution in [0.2, 0.25) is 0 Å². The number of ketones is 1. The third-order valence-electron chi connectivity index (χ3n) is 12.9. The van der Waals surface area contributed by atoms with Gasteiger partial charge < -0.3 is 111 Å². The Morgan fingerprint density at radius 2 is 0.562 bits per heavy atom. The van der Waals surface area contributed by atoms with Crippen molar-refractivity contribution >= 4 is 71.4 Å². The first-order valence-corrected chi connectivity index (χ1v) is 31.7. The molecule has 10 atom stereocenters. The van der Waals surface area contributed by atoms with Crippen molar-refractivity contribution < 1.29 is 169 Å². The van der Waals surface area contributed by atoms with Crippen molar-refractivity contribution in [1.82, 2.24) is 0 Å². The summed E-state index contributed by atoms with van der Waals surface area (Å²) in [5.41, 5.74) is 0. The van der Waals surface area contributed by atoms with Crippen LogP contribution in [0.5, 0.6) is 0 Å². The molecule has 554 valence electrons. The van der Waals surface area contributed by atoms with Crippen LogP contribution >= 0.6 is 0 Å². The first-order chi connectivity index (χ1) is 45.9. The molecule has 96 heavy (non-hydrogen) atoms. The van der Waals surface area contributed by atoms with E-state index in [0.717, 1.165) is 13.8 Å². The van der Waals surface area contributed by atoms with Crippen LogP contribution in [0.15, 0.2) is 0 Å². The minimum atomic E-state index is -1.64. The van der Waals surface area contributed by atoms with Gasteiger partial charge in [-0.15, -0.1) is 0 Å². The van der Waals surface area contributed by atoms with Gasteiger partial charge in [-0.2, -0.15) is 0 Å². The normalized spacial score (nSPS) is 14.3. The molecule has 0 aliphatic heterocycles. The third-order valence-corrected chi connectivity index (χ3v) is 12.9. The average Bonchev–Trinajstić information content (AvgIpc) is 0.859. The Bertz CT molecular complexity index is 2250. The second-order valence-electron chi connectivity index (χ2n) is 21.0. The lowest BCUT2D eigenvalue weighted by Gasteiger charge is -2.37. The Hall–Kier alpha value is -6.64. The Morgan fingerprint density at radius 3 is 0.865 bits per heavy atom. The summed E-state index contributed by atoms with van der Waals surface area (Å²) in [4.78, 5) is 151. The maximum Gasteiger partial charge on any atom is 0.347 e. The van der Waals surface area contributed by atoms with Crippen LogP contribution in [0.4, 0.5) is 0 Å². The molecule has 0 aliphatic carbocycles. The molecular weight excluding hydrogens is 1290 g/mol. The van der Waals surface area contributed by atoms with Gasteiger partial charge in [-0.25, -0.2) is 38.4 Å². The van der Waals surface area contributed by atoms with E-state index in [-0.39, 0.29) is 51.3 Å². The van der Waals surface area contributed by atoms with Crippen molar-refractivity contribution in [2.24, 2.45) is 5.92 Å². The number of hydrogen-bond donors (Lipinski definition) is 6. The summed E-state index contributed by atoms with van der Waals surface area (Å²) in [7, 11) is 0. The number of aliphatic hydroxyl groups excluding tert-OH is 6. The van der Waals surface area contributed by atoms with Crippen LogP contribution in [-0.4, -0.2) is 289 Å². The van der Waals surface area contributed by atoms with Gasteiger partial charge in [0.15, 0.2) is 30.5 Å². The summed E-state index contributed by atoms with van der Waals surface area (Å²) in [5.74, 6) is -12.0. The van der Waals surface area contributed by atoms with Gasteiger partial charge in [0.05, 0.1) is 58.8 Å². The zero-order valence-corrected chi connectivity index (χ0v) is 55.6. The van der Waals surface area contributed by atoms with Gasteiger partial charge in [0, 0.05) is 45.5 Å². The van der Waals surface area contributed by atoms with E-state index < -0.39 is 239 Å². The zero-order chi connectivity index (χ0) is 72.1. The second kappa shape index (κ2) is 56.4. The highest BCUT2D eigenvalue weighted by molar-refractivity contribution is 5.84. The van der Waals surface area contributed by atoms with Crippen LogP contribution in [-0.2, 0) is 138 Å². The van der Waals surface area contributed by atoms with Gasteiger partial charge in [-0.3, -0.25) is 19.2 Å². The number of esters is 11. The van der Waals surface area contributed by atoms with Gasteiger partial charge in [-0.1, -0.05) is 26.2 Å². The van der Waals surface area contributed by atoms with Crippen LogP contribution in [0.3, 0.4) is 0 Å². The van der Waals surface area contributed by atoms with E-state index in [9.17, 15) is 62.6 Å². The Morgan fingerprint density at radius 1 is 0.292 bits per heavy atom. The predicted octanol–water partition coefficient (Wildman–Crippen LogP) is -1.29. The Labute approximate surface area is 556 Å². The molecule has 6 N–H and O–H groups in total. The fourth-order valence-electron chi connectivity index (χ4n) is 7.88. The van der Waals surface area contributed by atoms with Gasteiger partial charge in [0.1, 0.15) is 89.7 Å². The van der Waals surface area contributed by atoms with E-state index in [1.165, 1.54) is 27.7 Å². The van der Waals surface area contributed by atoms with E-state index in [4.69, 9.17) is 106 Å². The zero-order valence-electron chi connectivity index (χ0n) is 55.6. The van der Waals surface area contributed by atoms with Crippen molar-refractivity contribution in [2.75, 3.05) is 132 Å². The van der Waals surface area contributed by atoms with Crippen LogP contribution < -0.4 is 0 Å². The Kier molecular flexibility index (Phi) is 52.5. The molecule has 0 fully saturated rings. The molecule has 0 aromatic heterocycles. The smallest absolute Gasteiger partial charge is 0.347 e. The number of carbonyl (C=O) groups is 12. The molecule has 35 heteroatoms. The highest BCUT2D eigenvalue weighted by atomic mass is 16.7. The van der Waals surface area contributed by atoms with Gasteiger partial charge >= 0.3 is 65.7 Å². The minimum absolute atomic E-state index is 0.0355. The molecule has 0 saturated heterocycles. The summed E-state index contributed by atoms with van der Waals surface area (Å²) in [5, 5.41) is 54.6. The first kappa shape index (κ1) is 89.4. The standard InChI is InChI=1S/C61H100O35/c1-40(34-46(68)16-10-7-13-19-62)56(74)86-30-26-82-47(38-81-23-25-88-59(77)43(4)94-51(71)35-65)54(85-29-33-91-61(79)45(6)96-53(73)37-67)55(84-28-32-90-58(76)42(3)93-50(70)18-12-9-15-21-64)48(83-27-31-89-60(78)44(5)95-52(72)36-66)39-80-22-24-87-57(75)41(2)92-49(69)17-11-8-14-20-63/h40-45,47-48,54-55,62-67H,7-39H2,1-6H3. The van der Waals surface area contributed by atoms with Crippen molar-refractivity contribution in [2.45, 2.75) is 180 Å². The molecule has 0 spiro atoms. The fourth-order valence-corrected chi connectivity index (χ4v) is 7.88. The predicted molar refractivity (Wildman–Crippen MR) is 321 cm³/mol. The van der Waals surface area contributed by atoms with Crippen LogP contribution in [0.25, 0.3) is 0 Å². The van der Waals surface area contributed by atoms with E-state index in [1.807, 2.05) is 0 Å². The number of ether oxygens (including phenoxy) is 17. The monoisotopic (exact) mass is 1390 g/mol. The maximum absolute atomic E-state index is 13.2. The van der Waals surface area contributed by atoms with Crippen molar-refractivity contribution in [1.29, 1.82) is 0 Å². The maximum atomic E-state index is 13.2. The van der Waals surface area contributed by atoms with Crippen molar-refractivity contribution in [3.8, 4) is 0 Å².